The van der Waals surface area contributed by atoms with Crippen molar-refractivity contribution in [2.45, 2.75) is 6.92 Å². The Balaban J connectivity index is 1.53. The summed E-state index contributed by atoms with van der Waals surface area (Å²) in [6, 6.07) is 28.9. The summed E-state index contributed by atoms with van der Waals surface area (Å²) in [6.45, 7) is 2.05. The van der Waals surface area contributed by atoms with Gasteiger partial charge < -0.3 is 5.32 Å². The van der Waals surface area contributed by atoms with Gasteiger partial charge in [0.25, 0.3) is 0 Å². The fourth-order valence-corrected chi connectivity index (χ4v) is 3.74. The lowest BCUT2D eigenvalue weighted by atomic mass is 10.0. The summed E-state index contributed by atoms with van der Waals surface area (Å²) in [5.41, 5.74) is 6.93. The van der Waals surface area contributed by atoms with E-state index in [2.05, 4.69) is 52.8 Å². The SMILES string of the molecule is Cc1ccc(NC=C(C#N)c2nc(-c3ccc(-c4ccccc4)cc3)cs2)cc1. The van der Waals surface area contributed by atoms with Gasteiger partial charge >= 0.3 is 0 Å². The predicted molar refractivity (Wildman–Crippen MR) is 121 cm³/mol. The summed E-state index contributed by atoms with van der Waals surface area (Å²) in [4.78, 5) is 4.67. The van der Waals surface area contributed by atoms with E-state index >= 15 is 0 Å². The highest BCUT2D eigenvalue weighted by molar-refractivity contribution is 7.11. The van der Waals surface area contributed by atoms with Crippen LogP contribution in [0, 0.1) is 18.3 Å². The number of hydrogen-bond donors (Lipinski definition) is 1. The third kappa shape index (κ3) is 4.43. The number of allylic oxidation sites excluding steroid dienone is 1. The molecule has 0 radical (unpaired) electrons. The largest absolute Gasteiger partial charge is 0.360 e. The minimum atomic E-state index is 0.516. The van der Waals surface area contributed by atoms with E-state index in [1.54, 1.807) is 6.20 Å². The summed E-state index contributed by atoms with van der Waals surface area (Å²) < 4.78 is 0. The zero-order valence-corrected chi connectivity index (χ0v) is 16.8. The van der Waals surface area contributed by atoms with E-state index in [9.17, 15) is 5.26 Å². The van der Waals surface area contributed by atoms with Gasteiger partial charge in [-0.2, -0.15) is 5.26 Å². The normalized spacial score (nSPS) is 11.1. The highest BCUT2D eigenvalue weighted by Crippen LogP contribution is 2.28. The van der Waals surface area contributed by atoms with Gasteiger partial charge in [0.2, 0.25) is 0 Å². The van der Waals surface area contributed by atoms with Crippen LogP contribution in [0.2, 0.25) is 0 Å². The number of hydrogen-bond acceptors (Lipinski definition) is 4. The molecule has 29 heavy (non-hydrogen) atoms. The van der Waals surface area contributed by atoms with Crippen LogP contribution in [0.3, 0.4) is 0 Å². The molecule has 0 amide bonds. The lowest BCUT2D eigenvalue weighted by molar-refractivity contribution is 1.36. The molecular formula is C25H19N3S. The molecule has 0 bridgehead atoms. The van der Waals surface area contributed by atoms with Crippen molar-refractivity contribution in [1.82, 2.24) is 4.98 Å². The molecule has 1 N–H and O–H groups in total. The molecule has 0 fully saturated rings. The third-order valence-electron chi connectivity index (χ3n) is 4.58. The first-order chi connectivity index (χ1) is 14.2. The van der Waals surface area contributed by atoms with Crippen LogP contribution in [0.5, 0.6) is 0 Å². The first-order valence-electron chi connectivity index (χ1n) is 9.28. The Morgan fingerprint density at radius 1 is 0.897 bits per heavy atom. The summed E-state index contributed by atoms with van der Waals surface area (Å²) in [7, 11) is 0. The van der Waals surface area contributed by atoms with Gasteiger partial charge in [-0.1, -0.05) is 72.3 Å². The van der Waals surface area contributed by atoms with Crippen molar-refractivity contribution >= 4 is 22.6 Å². The van der Waals surface area contributed by atoms with Crippen LogP contribution in [0.15, 0.2) is 90.4 Å². The van der Waals surface area contributed by atoms with Crippen molar-refractivity contribution in [2.75, 3.05) is 5.32 Å². The first kappa shape index (κ1) is 18.7. The fourth-order valence-electron chi connectivity index (χ4n) is 2.94. The van der Waals surface area contributed by atoms with Crippen LogP contribution >= 0.6 is 11.3 Å². The lowest BCUT2D eigenvalue weighted by Crippen LogP contribution is -1.91. The van der Waals surface area contributed by atoms with Crippen LogP contribution in [0.25, 0.3) is 28.0 Å². The summed E-state index contributed by atoms with van der Waals surface area (Å²) in [5.74, 6) is 0. The lowest BCUT2D eigenvalue weighted by Gasteiger charge is -2.03. The molecule has 4 rings (SSSR count). The van der Waals surface area contributed by atoms with E-state index in [1.165, 1.54) is 28.0 Å². The molecular weight excluding hydrogens is 374 g/mol. The molecule has 0 aliphatic heterocycles. The number of benzene rings is 3. The molecule has 1 heterocycles. The van der Waals surface area contributed by atoms with Crippen molar-refractivity contribution in [1.29, 1.82) is 5.26 Å². The molecule has 0 spiro atoms. The molecule has 1 aromatic heterocycles. The Labute approximate surface area is 174 Å². The van der Waals surface area contributed by atoms with Crippen molar-refractivity contribution in [2.24, 2.45) is 0 Å². The molecule has 3 aromatic carbocycles. The second-order valence-electron chi connectivity index (χ2n) is 6.66. The summed E-state index contributed by atoms with van der Waals surface area (Å²) in [5, 5.41) is 15.4. The van der Waals surface area contributed by atoms with Gasteiger partial charge in [0.1, 0.15) is 16.6 Å². The molecule has 0 unspecified atom stereocenters. The van der Waals surface area contributed by atoms with Crippen LogP contribution < -0.4 is 5.32 Å². The van der Waals surface area contributed by atoms with E-state index in [0.29, 0.717) is 10.6 Å². The molecule has 0 saturated carbocycles. The van der Waals surface area contributed by atoms with Crippen LogP contribution in [0.1, 0.15) is 10.6 Å². The molecule has 4 heteroatoms. The smallest absolute Gasteiger partial charge is 0.136 e. The second kappa shape index (κ2) is 8.55. The molecule has 0 aliphatic rings. The van der Waals surface area contributed by atoms with E-state index in [1.807, 2.05) is 54.8 Å². The zero-order chi connectivity index (χ0) is 20.1. The molecule has 3 nitrogen and oxygen atoms in total. The molecule has 140 valence electrons. The minimum Gasteiger partial charge on any atom is -0.360 e. The third-order valence-corrected chi connectivity index (χ3v) is 5.45. The maximum absolute atomic E-state index is 9.55. The number of anilines is 1. The van der Waals surface area contributed by atoms with E-state index in [-0.39, 0.29) is 0 Å². The Hall–Kier alpha value is -3.68. The van der Waals surface area contributed by atoms with Gasteiger partial charge in [-0.15, -0.1) is 11.3 Å². The summed E-state index contributed by atoms with van der Waals surface area (Å²) in [6.07, 6.45) is 1.71. The Morgan fingerprint density at radius 3 is 2.24 bits per heavy atom. The Morgan fingerprint density at radius 2 is 1.55 bits per heavy atom. The van der Waals surface area contributed by atoms with Crippen LogP contribution in [0.4, 0.5) is 5.69 Å². The topological polar surface area (TPSA) is 48.7 Å². The van der Waals surface area contributed by atoms with E-state index in [4.69, 9.17) is 0 Å². The highest BCUT2D eigenvalue weighted by Gasteiger charge is 2.09. The average Bonchev–Trinajstić information content (AvgIpc) is 3.26. The first-order valence-corrected chi connectivity index (χ1v) is 10.2. The standard InChI is InChI=1S/C25H19N3S/c1-18-7-13-23(14-8-18)27-16-22(15-26)25-28-24(17-29-25)21-11-9-20(10-12-21)19-5-3-2-4-6-19/h2-14,16-17,27H,1H3. The van der Waals surface area contributed by atoms with Crippen molar-refractivity contribution < 1.29 is 0 Å². The molecule has 0 aliphatic carbocycles. The molecule has 0 atom stereocenters. The molecule has 4 aromatic rings. The number of nitrogens with zero attached hydrogens (tertiary/aromatic N) is 2. The average molecular weight is 394 g/mol. The fraction of sp³-hybridized carbons (Fsp3) is 0.0400. The number of aryl methyl sites for hydroxylation is 1. The Kier molecular flexibility index (Phi) is 5.51. The quantitative estimate of drug-likeness (QED) is 0.381. The number of aromatic nitrogens is 1. The van der Waals surface area contributed by atoms with Crippen molar-refractivity contribution in [3.63, 3.8) is 0 Å². The number of rotatable bonds is 5. The number of nitrogens with one attached hydrogen (secondary N) is 1. The predicted octanol–water partition coefficient (Wildman–Crippen LogP) is 6.76. The van der Waals surface area contributed by atoms with Gasteiger partial charge in [0.05, 0.1) is 5.69 Å². The second-order valence-corrected chi connectivity index (χ2v) is 7.52. The maximum Gasteiger partial charge on any atom is 0.136 e. The minimum absolute atomic E-state index is 0.516. The number of thiazole rings is 1. The monoisotopic (exact) mass is 393 g/mol. The molecule has 0 saturated heterocycles. The van der Waals surface area contributed by atoms with Gasteiger partial charge in [0, 0.05) is 22.8 Å². The Bertz CT molecular complexity index is 1170. The van der Waals surface area contributed by atoms with Gasteiger partial charge in [-0.05, 0) is 30.2 Å². The zero-order valence-electron chi connectivity index (χ0n) is 16.0. The van der Waals surface area contributed by atoms with Crippen LogP contribution in [-0.2, 0) is 0 Å². The number of nitriles is 1. The highest BCUT2D eigenvalue weighted by atomic mass is 32.1. The van der Waals surface area contributed by atoms with Crippen molar-refractivity contribution in [3.05, 3.63) is 101 Å². The van der Waals surface area contributed by atoms with Gasteiger partial charge in [-0.3, -0.25) is 0 Å². The van der Waals surface area contributed by atoms with E-state index < -0.39 is 0 Å². The summed E-state index contributed by atoms with van der Waals surface area (Å²) >= 11 is 1.47. The van der Waals surface area contributed by atoms with Gasteiger partial charge in [0.15, 0.2) is 0 Å². The van der Waals surface area contributed by atoms with E-state index in [0.717, 1.165) is 16.9 Å². The van der Waals surface area contributed by atoms with Crippen molar-refractivity contribution in [3.8, 4) is 28.5 Å². The maximum atomic E-state index is 9.55. The van der Waals surface area contributed by atoms with Gasteiger partial charge in [-0.25, -0.2) is 4.98 Å². The van der Waals surface area contributed by atoms with Crippen LogP contribution in [-0.4, -0.2) is 4.98 Å².